The van der Waals surface area contributed by atoms with Crippen molar-refractivity contribution in [3.05, 3.63) is 60.2 Å². The first-order chi connectivity index (χ1) is 10.2. The van der Waals surface area contributed by atoms with Gasteiger partial charge < -0.3 is 15.8 Å². The molecule has 3 N–H and O–H groups in total. The molecule has 0 saturated carbocycles. The number of carbonyl (C=O) groups is 1. The van der Waals surface area contributed by atoms with Crippen LogP contribution in [0.1, 0.15) is 18.9 Å². The maximum absolute atomic E-state index is 11.7. The minimum Gasteiger partial charge on any atom is -0.489 e. The first kappa shape index (κ1) is 15.1. The normalized spacial score (nSPS) is 11.7. The van der Waals surface area contributed by atoms with Crippen molar-refractivity contribution in [1.29, 1.82) is 0 Å². The fourth-order valence-corrected chi connectivity index (χ4v) is 1.80. The predicted octanol–water partition coefficient (Wildman–Crippen LogP) is 2.94. The van der Waals surface area contributed by atoms with E-state index in [0.717, 1.165) is 17.0 Å². The number of benzene rings is 2. The average Bonchev–Trinajstić information content (AvgIpc) is 2.54. The molecule has 21 heavy (non-hydrogen) atoms. The largest absolute Gasteiger partial charge is 0.489 e. The molecule has 0 aliphatic heterocycles. The van der Waals surface area contributed by atoms with Gasteiger partial charge in [0, 0.05) is 5.69 Å². The van der Waals surface area contributed by atoms with Gasteiger partial charge in [-0.15, -0.1) is 0 Å². The van der Waals surface area contributed by atoms with E-state index < -0.39 is 6.04 Å². The van der Waals surface area contributed by atoms with E-state index in [4.69, 9.17) is 10.5 Å². The number of hydrogen-bond donors (Lipinski definition) is 2. The van der Waals surface area contributed by atoms with Crippen LogP contribution in [0.5, 0.6) is 5.75 Å². The van der Waals surface area contributed by atoms with Gasteiger partial charge in [-0.05, 0) is 36.2 Å². The molecule has 0 saturated heterocycles. The van der Waals surface area contributed by atoms with Gasteiger partial charge in [-0.25, -0.2) is 0 Å². The van der Waals surface area contributed by atoms with Crippen LogP contribution in [0.4, 0.5) is 5.69 Å². The SMILES string of the molecule is CC[C@@H](N)C(=O)Nc1ccc(OCc2ccccc2)cc1. The fourth-order valence-electron chi connectivity index (χ4n) is 1.80. The topological polar surface area (TPSA) is 64.4 Å². The predicted molar refractivity (Wildman–Crippen MR) is 84.1 cm³/mol. The van der Waals surface area contributed by atoms with Gasteiger partial charge in [-0.3, -0.25) is 4.79 Å². The molecule has 2 aromatic rings. The van der Waals surface area contributed by atoms with E-state index in [0.29, 0.717) is 13.0 Å². The molecule has 110 valence electrons. The highest BCUT2D eigenvalue weighted by Crippen LogP contribution is 2.17. The van der Waals surface area contributed by atoms with Gasteiger partial charge in [0.2, 0.25) is 5.91 Å². The molecule has 0 bridgehead atoms. The number of rotatable bonds is 6. The molecule has 0 unspecified atom stereocenters. The Morgan fingerprint density at radius 1 is 1.14 bits per heavy atom. The van der Waals surface area contributed by atoms with Crippen LogP contribution in [-0.2, 0) is 11.4 Å². The quantitative estimate of drug-likeness (QED) is 0.857. The Kier molecular flexibility index (Phi) is 5.35. The molecule has 0 heterocycles. The summed E-state index contributed by atoms with van der Waals surface area (Å²) in [7, 11) is 0. The third-order valence-electron chi connectivity index (χ3n) is 3.15. The zero-order valence-electron chi connectivity index (χ0n) is 12.1. The molecule has 2 rings (SSSR count). The van der Waals surface area contributed by atoms with Gasteiger partial charge in [-0.2, -0.15) is 0 Å². The first-order valence-electron chi connectivity index (χ1n) is 7.02. The summed E-state index contributed by atoms with van der Waals surface area (Å²) in [6.45, 7) is 2.40. The van der Waals surface area contributed by atoms with Crippen LogP contribution in [0.2, 0.25) is 0 Å². The standard InChI is InChI=1S/C17H20N2O2/c1-2-16(18)17(20)19-14-8-10-15(11-9-14)21-12-13-6-4-3-5-7-13/h3-11,16H,2,12,18H2,1H3,(H,19,20)/t16-/m1/s1. The number of nitrogens with one attached hydrogen (secondary N) is 1. The van der Waals surface area contributed by atoms with E-state index in [1.807, 2.05) is 49.4 Å². The molecule has 0 aromatic heterocycles. The summed E-state index contributed by atoms with van der Waals surface area (Å²) in [5, 5.41) is 2.77. The first-order valence-corrected chi connectivity index (χ1v) is 7.02. The second kappa shape index (κ2) is 7.45. The lowest BCUT2D eigenvalue weighted by atomic mass is 10.2. The number of carbonyl (C=O) groups excluding carboxylic acids is 1. The third kappa shape index (κ3) is 4.61. The highest BCUT2D eigenvalue weighted by atomic mass is 16.5. The molecule has 1 atom stereocenters. The summed E-state index contributed by atoms with van der Waals surface area (Å²) in [5.74, 6) is 0.590. The minimum atomic E-state index is -0.473. The Labute approximate surface area is 124 Å². The zero-order chi connectivity index (χ0) is 15.1. The van der Waals surface area contributed by atoms with Gasteiger partial charge in [0.05, 0.1) is 6.04 Å². The molecule has 0 spiro atoms. The van der Waals surface area contributed by atoms with Crippen LogP contribution >= 0.6 is 0 Å². The van der Waals surface area contributed by atoms with Crippen LogP contribution in [-0.4, -0.2) is 11.9 Å². The maximum atomic E-state index is 11.7. The Morgan fingerprint density at radius 2 is 1.81 bits per heavy atom. The van der Waals surface area contributed by atoms with Crippen LogP contribution in [0.25, 0.3) is 0 Å². The van der Waals surface area contributed by atoms with Crippen LogP contribution in [0.15, 0.2) is 54.6 Å². The van der Waals surface area contributed by atoms with Crippen molar-refractivity contribution >= 4 is 11.6 Å². The van der Waals surface area contributed by atoms with Crippen molar-refractivity contribution < 1.29 is 9.53 Å². The molecule has 2 aromatic carbocycles. The summed E-state index contributed by atoms with van der Waals surface area (Å²) in [6.07, 6.45) is 0.615. The molecular formula is C17H20N2O2. The summed E-state index contributed by atoms with van der Waals surface area (Å²) in [5.41, 5.74) is 7.50. The highest BCUT2D eigenvalue weighted by molar-refractivity contribution is 5.94. The molecule has 4 nitrogen and oxygen atoms in total. The molecule has 0 fully saturated rings. The van der Waals surface area contributed by atoms with Crippen LogP contribution in [0.3, 0.4) is 0 Å². The zero-order valence-corrected chi connectivity index (χ0v) is 12.1. The Bertz CT molecular complexity index is 567. The Hall–Kier alpha value is -2.33. The Morgan fingerprint density at radius 3 is 2.43 bits per heavy atom. The van der Waals surface area contributed by atoms with E-state index >= 15 is 0 Å². The van der Waals surface area contributed by atoms with Crippen LogP contribution < -0.4 is 15.8 Å². The van der Waals surface area contributed by atoms with Crippen molar-refractivity contribution in [2.45, 2.75) is 26.0 Å². The van der Waals surface area contributed by atoms with Gasteiger partial charge in [0.25, 0.3) is 0 Å². The molecular weight excluding hydrogens is 264 g/mol. The molecule has 0 radical (unpaired) electrons. The fraction of sp³-hybridized carbons (Fsp3) is 0.235. The second-order valence-electron chi connectivity index (χ2n) is 4.80. The minimum absolute atomic E-state index is 0.171. The molecule has 4 heteroatoms. The van der Waals surface area contributed by atoms with Gasteiger partial charge >= 0.3 is 0 Å². The smallest absolute Gasteiger partial charge is 0.241 e. The van der Waals surface area contributed by atoms with Crippen molar-refractivity contribution in [2.75, 3.05) is 5.32 Å². The van der Waals surface area contributed by atoms with Crippen LogP contribution in [0, 0.1) is 0 Å². The second-order valence-corrected chi connectivity index (χ2v) is 4.80. The number of hydrogen-bond acceptors (Lipinski definition) is 3. The lowest BCUT2D eigenvalue weighted by molar-refractivity contribution is -0.117. The monoisotopic (exact) mass is 284 g/mol. The summed E-state index contributed by atoms with van der Waals surface area (Å²) in [4.78, 5) is 11.7. The number of ether oxygens (including phenoxy) is 1. The molecule has 0 aliphatic carbocycles. The van der Waals surface area contributed by atoms with Crippen molar-refractivity contribution in [1.82, 2.24) is 0 Å². The number of amides is 1. The molecule has 1 amide bonds. The Balaban J connectivity index is 1.88. The van der Waals surface area contributed by atoms with Gasteiger partial charge in [0.15, 0.2) is 0 Å². The van der Waals surface area contributed by atoms with E-state index in [1.54, 1.807) is 12.1 Å². The average molecular weight is 284 g/mol. The number of anilines is 1. The summed E-state index contributed by atoms with van der Waals surface area (Å²) in [6, 6.07) is 16.8. The maximum Gasteiger partial charge on any atom is 0.241 e. The lowest BCUT2D eigenvalue weighted by Crippen LogP contribution is -2.34. The third-order valence-corrected chi connectivity index (χ3v) is 3.15. The van der Waals surface area contributed by atoms with E-state index in [-0.39, 0.29) is 5.91 Å². The van der Waals surface area contributed by atoms with E-state index in [1.165, 1.54) is 0 Å². The van der Waals surface area contributed by atoms with E-state index in [9.17, 15) is 4.79 Å². The van der Waals surface area contributed by atoms with Gasteiger partial charge in [-0.1, -0.05) is 37.3 Å². The van der Waals surface area contributed by atoms with E-state index in [2.05, 4.69) is 5.32 Å². The molecule has 0 aliphatic rings. The van der Waals surface area contributed by atoms with Gasteiger partial charge in [0.1, 0.15) is 12.4 Å². The lowest BCUT2D eigenvalue weighted by Gasteiger charge is -2.11. The summed E-state index contributed by atoms with van der Waals surface area (Å²) >= 11 is 0. The number of nitrogens with two attached hydrogens (primary N) is 1. The highest BCUT2D eigenvalue weighted by Gasteiger charge is 2.10. The van der Waals surface area contributed by atoms with Crippen molar-refractivity contribution in [2.24, 2.45) is 5.73 Å². The van der Waals surface area contributed by atoms with Crippen molar-refractivity contribution in [3.63, 3.8) is 0 Å². The van der Waals surface area contributed by atoms with Crippen molar-refractivity contribution in [3.8, 4) is 5.75 Å². The summed E-state index contributed by atoms with van der Waals surface area (Å²) < 4.78 is 5.68.